The highest BCUT2D eigenvalue weighted by molar-refractivity contribution is 6.30. The summed E-state index contributed by atoms with van der Waals surface area (Å²) in [6.45, 7) is 8.12. The Hall–Kier alpha value is -1.26. The van der Waals surface area contributed by atoms with Gasteiger partial charge in [-0.2, -0.15) is 0 Å². The van der Waals surface area contributed by atoms with E-state index >= 15 is 0 Å². The number of carbonyl (C=O) groups excluding carboxylic acids is 1. The second-order valence-corrected chi connectivity index (χ2v) is 7.72. The SMILES string of the molecule is Cc1ccc(Cl)cc1N1CC[NH+]([C@@H](C)C(=O)NC2CCCC2)CC1. The number of hydrogen-bond donors (Lipinski definition) is 2. The first-order valence-electron chi connectivity index (χ1n) is 9.20. The van der Waals surface area contributed by atoms with E-state index in [-0.39, 0.29) is 11.9 Å². The van der Waals surface area contributed by atoms with Gasteiger partial charge in [0.25, 0.3) is 5.91 Å². The zero-order valence-corrected chi connectivity index (χ0v) is 15.5. The number of halogens is 1. The lowest BCUT2D eigenvalue weighted by atomic mass is 10.1. The average Bonchev–Trinajstić information content (AvgIpc) is 3.09. The average molecular weight is 351 g/mol. The Kier molecular flexibility index (Phi) is 5.67. The summed E-state index contributed by atoms with van der Waals surface area (Å²) in [5, 5.41) is 4.03. The topological polar surface area (TPSA) is 36.8 Å². The van der Waals surface area contributed by atoms with E-state index < -0.39 is 0 Å². The molecular formula is C19H29ClN3O+. The lowest BCUT2D eigenvalue weighted by Gasteiger charge is -2.36. The van der Waals surface area contributed by atoms with Crippen LogP contribution in [-0.4, -0.2) is 44.2 Å². The van der Waals surface area contributed by atoms with Crippen molar-refractivity contribution < 1.29 is 9.69 Å². The quantitative estimate of drug-likeness (QED) is 0.868. The summed E-state index contributed by atoms with van der Waals surface area (Å²) >= 11 is 6.15. The van der Waals surface area contributed by atoms with Gasteiger partial charge in [-0.3, -0.25) is 4.79 Å². The lowest BCUT2D eigenvalue weighted by molar-refractivity contribution is -0.914. The van der Waals surface area contributed by atoms with Crippen LogP contribution in [0.25, 0.3) is 0 Å². The molecule has 0 aromatic heterocycles. The van der Waals surface area contributed by atoms with E-state index in [0.29, 0.717) is 6.04 Å². The Bertz CT molecular complexity index is 578. The maximum atomic E-state index is 12.5. The molecule has 0 spiro atoms. The number of anilines is 1. The summed E-state index contributed by atoms with van der Waals surface area (Å²) in [6, 6.07) is 6.52. The third-order valence-electron chi connectivity index (χ3n) is 5.62. The molecular weight excluding hydrogens is 322 g/mol. The van der Waals surface area contributed by atoms with Crippen LogP contribution in [0, 0.1) is 6.92 Å². The number of aryl methyl sites for hydroxylation is 1. The smallest absolute Gasteiger partial charge is 0.278 e. The molecule has 5 heteroatoms. The standard InChI is InChI=1S/C19H28ClN3O/c1-14-7-8-16(20)13-18(14)23-11-9-22(10-12-23)15(2)19(24)21-17-5-3-4-6-17/h7-8,13,15,17H,3-6,9-12H2,1-2H3,(H,21,24)/p+1/t15-/m0/s1. The first-order chi connectivity index (χ1) is 11.5. The number of nitrogens with one attached hydrogen (secondary N) is 2. The maximum absolute atomic E-state index is 12.5. The van der Waals surface area contributed by atoms with Crippen molar-refractivity contribution in [2.45, 2.75) is 51.6 Å². The fourth-order valence-electron chi connectivity index (χ4n) is 3.97. The molecule has 1 saturated carbocycles. The fraction of sp³-hybridized carbons (Fsp3) is 0.632. The Morgan fingerprint density at radius 2 is 1.96 bits per heavy atom. The number of carbonyl (C=O) groups is 1. The van der Waals surface area contributed by atoms with E-state index in [2.05, 4.69) is 36.2 Å². The first kappa shape index (κ1) is 17.6. The minimum absolute atomic E-state index is 0.0354. The number of quaternary nitrogens is 1. The monoisotopic (exact) mass is 350 g/mol. The Morgan fingerprint density at radius 3 is 2.62 bits per heavy atom. The van der Waals surface area contributed by atoms with Gasteiger partial charge in [0.05, 0.1) is 26.2 Å². The van der Waals surface area contributed by atoms with Crippen LogP contribution in [0.15, 0.2) is 18.2 Å². The fourth-order valence-corrected chi connectivity index (χ4v) is 4.14. The van der Waals surface area contributed by atoms with Crippen molar-refractivity contribution in [2.75, 3.05) is 31.1 Å². The van der Waals surface area contributed by atoms with Crippen LogP contribution in [0.5, 0.6) is 0 Å². The van der Waals surface area contributed by atoms with Crippen molar-refractivity contribution in [3.8, 4) is 0 Å². The van der Waals surface area contributed by atoms with Crippen molar-refractivity contribution in [3.63, 3.8) is 0 Å². The molecule has 1 aromatic rings. The number of piperazine rings is 1. The molecule has 0 radical (unpaired) electrons. The highest BCUT2D eigenvalue weighted by Crippen LogP contribution is 2.24. The van der Waals surface area contributed by atoms with E-state index in [1.54, 1.807) is 0 Å². The van der Waals surface area contributed by atoms with Gasteiger partial charge in [-0.05, 0) is 44.4 Å². The molecule has 2 fully saturated rings. The second kappa shape index (κ2) is 7.75. The molecule has 2 N–H and O–H groups in total. The molecule has 4 nitrogen and oxygen atoms in total. The lowest BCUT2D eigenvalue weighted by Crippen LogP contribution is -3.19. The molecule has 1 aliphatic heterocycles. The van der Waals surface area contributed by atoms with E-state index in [9.17, 15) is 4.79 Å². The molecule has 1 saturated heterocycles. The van der Waals surface area contributed by atoms with Crippen LogP contribution >= 0.6 is 11.6 Å². The Morgan fingerprint density at radius 1 is 1.29 bits per heavy atom. The second-order valence-electron chi connectivity index (χ2n) is 7.29. The molecule has 24 heavy (non-hydrogen) atoms. The maximum Gasteiger partial charge on any atom is 0.278 e. The van der Waals surface area contributed by atoms with Crippen molar-refractivity contribution in [3.05, 3.63) is 28.8 Å². The zero-order valence-electron chi connectivity index (χ0n) is 14.8. The predicted molar refractivity (Wildman–Crippen MR) is 99.0 cm³/mol. The predicted octanol–water partition coefficient (Wildman–Crippen LogP) is 1.80. The summed E-state index contributed by atoms with van der Waals surface area (Å²) in [5.41, 5.74) is 2.49. The number of nitrogens with zero attached hydrogens (tertiary/aromatic N) is 1. The molecule has 1 heterocycles. The van der Waals surface area contributed by atoms with Crippen LogP contribution in [0.4, 0.5) is 5.69 Å². The van der Waals surface area contributed by atoms with Crippen LogP contribution in [0.2, 0.25) is 5.02 Å². The molecule has 1 aromatic carbocycles. The molecule has 3 rings (SSSR count). The van der Waals surface area contributed by atoms with Gasteiger partial charge < -0.3 is 15.1 Å². The van der Waals surface area contributed by atoms with Gasteiger partial charge in [0.1, 0.15) is 0 Å². The molecule has 1 atom stereocenters. The van der Waals surface area contributed by atoms with Crippen LogP contribution in [0.3, 0.4) is 0 Å². The summed E-state index contributed by atoms with van der Waals surface area (Å²) < 4.78 is 0. The Labute approximate surface area is 150 Å². The van der Waals surface area contributed by atoms with Crippen molar-refractivity contribution >= 4 is 23.2 Å². The summed E-state index contributed by atoms with van der Waals surface area (Å²) in [5.74, 6) is 0.226. The third kappa shape index (κ3) is 4.04. The highest BCUT2D eigenvalue weighted by atomic mass is 35.5. The molecule has 0 bridgehead atoms. The molecule has 1 amide bonds. The van der Waals surface area contributed by atoms with Crippen LogP contribution in [0.1, 0.15) is 38.2 Å². The van der Waals surface area contributed by atoms with E-state index in [1.165, 1.54) is 29.0 Å². The molecule has 132 valence electrons. The van der Waals surface area contributed by atoms with Gasteiger partial charge in [0.15, 0.2) is 6.04 Å². The van der Waals surface area contributed by atoms with Crippen LogP contribution < -0.4 is 15.1 Å². The summed E-state index contributed by atoms with van der Waals surface area (Å²) in [4.78, 5) is 16.3. The van der Waals surface area contributed by atoms with E-state index in [0.717, 1.165) is 44.0 Å². The summed E-state index contributed by atoms with van der Waals surface area (Å²) in [6.07, 6.45) is 4.80. The number of benzene rings is 1. The largest absolute Gasteiger partial charge is 0.360 e. The Balaban J connectivity index is 1.54. The van der Waals surface area contributed by atoms with Gasteiger partial charge in [0, 0.05) is 16.8 Å². The van der Waals surface area contributed by atoms with E-state index in [4.69, 9.17) is 11.6 Å². The van der Waals surface area contributed by atoms with Gasteiger partial charge in [-0.15, -0.1) is 0 Å². The molecule has 0 unspecified atom stereocenters. The highest BCUT2D eigenvalue weighted by Gasteiger charge is 2.31. The van der Waals surface area contributed by atoms with Gasteiger partial charge >= 0.3 is 0 Å². The number of amides is 1. The minimum atomic E-state index is 0.0354. The van der Waals surface area contributed by atoms with E-state index in [1.807, 2.05) is 6.07 Å². The number of hydrogen-bond acceptors (Lipinski definition) is 2. The molecule has 2 aliphatic rings. The zero-order chi connectivity index (χ0) is 17.1. The van der Waals surface area contributed by atoms with Gasteiger partial charge in [-0.1, -0.05) is 30.5 Å². The van der Waals surface area contributed by atoms with Crippen molar-refractivity contribution in [2.24, 2.45) is 0 Å². The van der Waals surface area contributed by atoms with Crippen molar-refractivity contribution in [1.29, 1.82) is 0 Å². The first-order valence-corrected chi connectivity index (χ1v) is 9.58. The minimum Gasteiger partial charge on any atom is -0.360 e. The number of rotatable bonds is 4. The molecule has 1 aliphatic carbocycles. The van der Waals surface area contributed by atoms with Gasteiger partial charge in [-0.25, -0.2) is 0 Å². The van der Waals surface area contributed by atoms with Crippen LogP contribution in [-0.2, 0) is 4.79 Å². The third-order valence-corrected chi connectivity index (χ3v) is 5.86. The van der Waals surface area contributed by atoms with Gasteiger partial charge in [0.2, 0.25) is 0 Å². The normalized spacial score (nSPS) is 21.0. The summed E-state index contributed by atoms with van der Waals surface area (Å²) in [7, 11) is 0. The van der Waals surface area contributed by atoms with Crippen molar-refractivity contribution in [1.82, 2.24) is 5.32 Å².